The number of hydrogen-bond donors (Lipinski definition) is 2. The highest BCUT2D eigenvalue weighted by atomic mass is 16.5. The third-order valence-corrected chi connectivity index (χ3v) is 4.36. The maximum absolute atomic E-state index is 12.6. The molecule has 0 aliphatic carbocycles. The first-order valence-electron chi connectivity index (χ1n) is 8.49. The summed E-state index contributed by atoms with van der Waals surface area (Å²) in [6, 6.07) is 15.8. The maximum Gasteiger partial charge on any atom is 0.227 e. The zero-order valence-electron chi connectivity index (χ0n) is 14.2. The van der Waals surface area contributed by atoms with E-state index in [1.54, 1.807) is 0 Å². The summed E-state index contributed by atoms with van der Waals surface area (Å²) in [5, 5.41) is 6.45. The summed E-state index contributed by atoms with van der Waals surface area (Å²) >= 11 is 0. The quantitative estimate of drug-likeness (QED) is 0.889. The predicted octanol–water partition coefficient (Wildman–Crippen LogP) is 4.11. The molecule has 126 valence electrons. The molecule has 1 saturated heterocycles. The number of piperidine rings is 1. The Labute approximate surface area is 143 Å². The Morgan fingerprint density at radius 1 is 1.21 bits per heavy atom. The Hall–Kier alpha value is -2.33. The number of carbonyl (C=O) groups is 1. The monoisotopic (exact) mass is 324 g/mol. The summed E-state index contributed by atoms with van der Waals surface area (Å²) in [7, 11) is 0. The number of rotatable bonds is 4. The van der Waals surface area contributed by atoms with E-state index in [0.29, 0.717) is 11.8 Å². The number of benzene rings is 2. The number of hydrogen-bond acceptors (Lipinski definition) is 3. The minimum atomic E-state index is 0.0475. The van der Waals surface area contributed by atoms with Crippen molar-refractivity contribution in [3.05, 3.63) is 54.1 Å². The number of nitrogens with one attached hydrogen (secondary N) is 2. The van der Waals surface area contributed by atoms with Crippen molar-refractivity contribution in [1.29, 1.82) is 0 Å². The van der Waals surface area contributed by atoms with Gasteiger partial charge in [0.15, 0.2) is 5.75 Å². The molecule has 3 rings (SSSR count). The summed E-state index contributed by atoms with van der Waals surface area (Å²) in [4.78, 5) is 12.6. The molecular weight excluding hydrogens is 300 g/mol. The minimum Gasteiger partial charge on any atom is -0.455 e. The zero-order chi connectivity index (χ0) is 16.9. The van der Waals surface area contributed by atoms with E-state index in [9.17, 15) is 4.79 Å². The lowest BCUT2D eigenvalue weighted by Crippen LogP contribution is -2.40. The molecule has 4 nitrogen and oxygen atoms in total. The molecule has 0 radical (unpaired) electrons. The van der Waals surface area contributed by atoms with Crippen LogP contribution in [0, 0.1) is 12.8 Å². The molecule has 0 aromatic heterocycles. The van der Waals surface area contributed by atoms with Gasteiger partial charge in [-0.15, -0.1) is 0 Å². The molecule has 1 amide bonds. The number of amides is 1. The average molecular weight is 324 g/mol. The van der Waals surface area contributed by atoms with Crippen molar-refractivity contribution in [3.63, 3.8) is 0 Å². The van der Waals surface area contributed by atoms with Gasteiger partial charge in [-0.1, -0.05) is 24.3 Å². The van der Waals surface area contributed by atoms with E-state index in [4.69, 9.17) is 4.74 Å². The second-order valence-corrected chi connectivity index (χ2v) is 6.48. The summed E-state index contributed by atoms with van der Waals surface area (Å²) < 4.78 is 5.95. The molecule has 2 atom stereocenters. The van der Waals surface area contributed by atoms with Gasteiger partial charge in [-0.05, 0) is 63.1 Å². The van der Waals surface area contributed by atoms with Crippen LogP contribution in [0.4, 0.5) is 5.69 Å². The summed E-state index contributed by atoms with van der Waals surface area (Å²) in [5.74, 6) is 1.55. The van der Waals surface area contributed by atoms with Crippen LogP contribution in [0.25, 0.3) is 0 Å². The molecule has 1 fully saturated rings. The Morgan fingerprint density at radius 2 is 2.00 bits per heavy atom. The molecule has 2 N–H and O–H groups in total. The lowest BCUT2D eigenvalue weighted by atomic mass is 9.92. The predicted molar refractivity (Wildman–Crippen MR) is 96.5 cm³/mol. The van der Waals surface area contributed by atoms with Gasteiger partial charge in [-0.2, -0.15) is 0 Å². The van der Waals surface area contributed by atoms with Crippen molar-refractivity contribution in [2.24, 2.45) is 5.92 Å². The summed E-state index contributed by atoms with van der Waals surface area (Å²) in [6.45, 7) is 5.02. The van der Waals surface area contributed by atoms with E-state index in [1.807, 2.05) is 55.5 Å². The molecule has 2 aromatic rings. The van der Waals surface area contributed by atoms with Crippen molar-refractivity contribution in [1.82, 2.24) is 5.32 Å². The van der Waals surface area contributed by atoms with Crippen LogP contribution in [0.1, 0.15) is 25.3 Å². The van der Waals surface area contributed by atoms with Crippen molar-refractivity contribution in [2.75, 3.05) is 11.9 Å². The van der Waals surface area contributed by atoms with Gasteiger partial charge in [0.1, 0.15) is 5.75 Å². The van der Waals surface area contributed by atoms with Gasteiger partial charge in [-0.25, -0.2) is 0 Å². The third kappa shape index (κ3) is 4.15. The molecule has 4 heteroatoms. The molecule has 1 aliphatic heterocycles. The van der Waals surface area contributed by atoms with Crippen LogP contribution < -0.4 is 15.4 Å². The third-order valence-electron chi connectivity index (χ3n) is 4.36. The van der Waals surface area contributed by atoms with Crippen LogP contribution in [-0.4, -0.2) is 18.5 Å². The fourth-order valence-electron chi connectivity index (χ4n) is 3.05. The van der Waals surface area contributed by atoms with Crippen molar-refractivity contribution < 1.29 is 9.53 Å². The van der Waals surface area contributed by atoms with Crippen LogP contribution in [0.15, 0.2) is 48.5 Å². The lowest BCUT2D eigenvalue weighted by Gasteiger charge is -2.27. The highest BCUT2D eigenvalue weighted by Gasteiger charge is 2.25. The maximum atomic E-state index is 12.6. The van der Waals surface area contributed by atoms with E-state index >= 15 is 0 Å². The van der Waals surface area contributed by atoms with Crippen LogP contribution >= 0.6 is 0 Å². The van der Waals surface area contributed by atoms with Gasteiger partial charge >= 0.3 is 0 Å². The first-order chi connectivity index (χ1) is 11.6. The van der Waals surface area contributed by atoms with Crippen molar-refractivity contribution in [2.45, 2.75) is 32.7 Å². The summed E-state index contributed by atoms with van der Waals surface area (Å²) in [6.07, 6.45) is 1.74. The van der Waals surface area contributed by atoms with Gasteiger partial charge in [-0.3, -0.25) is 4.79 Å². The molecular formula is C20H24N2O2. The summed E-state index contributed by atoms with van der Waals surface area (Å²) in [5.41, 5.74) is 1.82. The Bertz CT molecular complexity index is 700. The van der Waals surface area contributed by atoms with Crippen LogP contribution in [0.5, 0.6) is 11.5 Å². The molecule has 0 unspecified atom stereocenters. The fraction of sp³-hybridized carbons (Fsp3) is 0.350. The van der Waals surface area contributed by atoms with Crippen molar-refractivity contribution >= 4 is 11.6 Å². The zero-order valence-corrected chi connectivity index (χ0v) is 14.2. The van der Waals surface area contributed by atoms with Gasteiger partial charge in [0.2, 0.25) is 5.91 Å². The minimum absolute atomic E-state index is 0.0475. The normalized spacial score (nSPS) is 20.4. The van der Waals surface area contributed by atoms with Gasteiger partial charge in [0.25, 0.3) is 0 Å². The topological polar surface area (TPSA) is 50.4 Å². The molecule has 2 aromatic carbocycles. The van der Waals surface area contributed by atoms with E-state index in [0.717, 1.165) is 36.4 Å². The number of para-hydroxylation sites is 1. The molecule has 24 heavy (non-hydrogen) atoms. The van der Waals surface area contributed by atoms with Gasteiger partial charge in [0.05, 0.1) is 5.69 Å². The SMILES string of the molecule is Cc1ccc(Oc2ccccc2)c(NC(=O)[C@H]2CCN[C@@H](C)C2)c1. The fourth-order valence-corrected chi connectivity index (χ4v) is 3.05. The number of anilines is 1. The van der Waals surface area contributed by atoms with E-state index in [1.165, 1.54) is 0 Å². The molecule has 1 aliphatic rings. The molecule has 0 bridgehead atoms. The molecule has 0 saturated carbocycles. The Morgan fingerprint density at radius 3 is 2.75 bits per heavy atom. The lowest BCUT2D eigenvalue weighted by molar-refractivity contribution is -0.120. The Balaban J connectivity index is 1.76. The highest BCUT2D eigenvalue weighted by Crippen LogP contribution is 2.31. The van der Waals surface area contributed by atoms with Gasteiger partial charge < -0.3 is 15.4 Å². The first-order valence-corrected chi connectivity index (χ1v) is 8.49. The second kappa shape index (κ2) is 7.49. The standard InChI is InChI=1S/C20H24N2O2/c1-14-8-9-19(24-17-6-4-3-5-7-17)18(12-14)22-20(23)16-10-11-21-15(2)13-16/h3-9,12,15-16,21H,10-11,13H2,1-2H3,(H,22,23)/t15-,16-/m0/s1. The number of ether oxygens (including phenoxy) is 1. The van der Waals surface area contributed by atoms with Crippen LogP contribution in [-0.2, 0) is 4.79 Å². The Kier molecular flexibility index (Phi) is 5.16. The number of aryl methyl sites for hydroxylation is 1. The number of carbonyl (C=O) groups excluding carboxylic acids is 1. The van der Waals surface area contributed by atoms with Crippen LogP contribution in [0.2, 0.25) is 0 Å². The molecule has 0 spiro atoms. The first kappa shape index (κ1) is 16.5. The van der Waals surface area contributed by atoms with Gasteiger partial charge in [0, 0.05) is 12.0 Å². The highest BCUT2D eigenvalue weighted by molar-refractivity contribution is 5.94. The average Bonchev–Trinajstić information content (AvgIpc) is 2.58. The second-order valence-electron chi connectivity index (χ2n) is 6.48. The van der Waals surface area contributed by atoms with E-state index in [2.05, 4.69) is 17.6 Å². The van der Waals surface area contributed by atoms with Crippen LogP contribution in [0.3, 0.4) is 0 Å². The largest absolute Gasteiger partial charge is 0.455 e. The van der Waals surface area contributed by atoms with E-state index < -0.39 is 0 Å². The molecule has 1 heterocycles. The smallest absolute Gasteiger partial charge is 0.227 e. The van der Waals surface area contributed by atoms with Crippen molar-refractivity contribution in [3.8, 4) is 11.5 Å². The van der Waals surface area contributed by atoms with E-state index in [-0.39, 0.29) is 11.8 Å².